The van der Waals surface area contributed by atoms with Crippen LogP contribution in [-0.2, 0) is 9.59 Å². The summed E-state index contributed by atoms with van der Waals surface area (Å²) in [6.07, 6.45) is 0. The Morgan fingerprint density at radius 2 is 1.94 bits per heavy atom. The van der Waals surface area contributed by atoms with Crippen molar-refractivity contribution in [1.82, 2.24) is 4.98 Å². The first-order valence-corrected chi connectivity index (χ1v) is 5.60. The molecule has 6 heteroatoms. The number of carboxylic acids is 1. The lowest BCUT2D eigenvalue weighted by molar-refractivity contribution is -0.147. The second-order valence-corrected chi connectivity index (χ2v) is 4.02. The molecule has 5 nitrogen and oxygen atoms in total. The molecule has 0 atom stereocenters. The zero-order valence-electron chi connectivity index (χ0n) is 8.58. The number of hydrogen-bond donors (Lipinski definition) is 2. The summed E-state index contributed by atoms with van der Waals surface area (Å²) >= 11 is 1.34. The van der Waals surface area contributed by atoms with E-state index in [-0.39, 0.29) is 5.82 Å². The molecule has 0 aliphatic carbocycles. The van der Waals surface area contributed by atoms with Gasteiger partial charge in [-0.3, -0.25) is 4.79 Å². The molecule has 1 heterocycles. The van der Waals surface area contributed by atoms with Crippen LogP contribution in [0.25, 0.3) is 10.6 Å². The standard InChI is InChI=1S/C11H8N2O3S/c14-9(11(15)16)12-8-6-17-10(13-8)7-4-2-1-3-5-7/h1-6H,(H,12,14)(H,15,16). The number of benzene rings is 1. The summed E-state index contributed by atoms with van der Waals surface area (Å²) in [5, 5.41) is 13.0. The van der Waals surface area contributed by atoms with E-state index in [1.807, 2.05) is 30.3 Å². The van der Waals surface area contributed by atoms with Crippen molar-refractivity contribution in [3.8, 4) is 10.6 Å². The van der Waals surface area contributed by atoms with Gasteiger partial charge >= 0.3 is 11.9 Å². The van der Waals surface area contributed by atoms with Gasteiger partial charge in [-0.2, -0.15) is 0 Å². The minimum atomic E-state index is -1.53. The molecular weight excluding hydrogens is 240 g/mol. The van der Waals surface area contributed by atoms with Gasteiger partial charge in [0.1, 0.15) is 10.8 Å². The topological polar surface area (TPSA) is 79.3 Å². The van der Waals surface area contributed by atoms with E-state index >= 15 is 0 Å². The Balaban J connectivity index is 2.17. The van der Waals surface area contributed by atoms with Gasteiger partial charge in [0.15, 0.2) is 0 Å². The van der Waals surface area contributed by atoms with Gasteiger partial charge in [-0.15, -0.1) is 11.3 Å². The molecule has 0 aliphatic rings. The highest BCUT2D eigenvalue weighted by Crippen LogP contribution is 2.25. The summed E-state index contributed by atoms with van der Waals surface area (Å²) in [6.45, 7) is 0. The average molecular weight is 248 g/mol. The molecule has 0 saturated carbocycles. The number of rotatable bonds is 2. The van der Waals surface area contributed by atoms with Crippen LogP contribution in [0.2, 0.25) is 0 Å². The highest BCUT2D eigenvalue weighted by atomic mass is 32.1. The van der Waals surface area contributed by atoms with E-state index < -0.39 is 11.9 Å². The van der Waals surface area contributed by atoms with Gasteiger partial charge in [-0.25, -0.2) is 9.78 Å². The molecule has 0 bridgehead atoms. The fraction of sp³-hybridized carbons (Fsp3) is 0. The first kappa shape index (κ1) is 11.3. The zero-order chi connectivity index (χ0) is 12.3. The molecule has 2 aromatic rings. The third-order valence-corrected chi connectivity index (χ3v) is 2.85. The third kappa shape index (κ3) is 2.67. The number of aliphatic carboxylic acids is 1. The maximum Gasteiger partial charge on any atom is 0.394 e. The van der Waals surface area contributed by atoms with E-state index in [4.69, 9.17) is 5.11 Å². The lowest BCUT2D eigenvalue weighted by Crippen LogP contribution is -2.21. The first-order chi connectivity index (χ1) is 8.16. The number of carbonyl (C=O) groups excluding carboxylic acids is 1. The number of hydrogen-bond acceptors (Lipinski definition) is 4. The van der Waals surface area contributed by atoms with Gasteiger partial charge in [0.2, 0.25) is 0 Å². The maximum atomic E-state index is 10.9. The number of aromatic nitrogens is 1. The average Bonchev–Trinajstić information content (AvgIpc) is 2.78. The number of thiazole rings is 1. The normalized spacial score (nSPS) is 9.88. The van der Waals surface area contributed by atoms with Crippen molar-refractivity contribution in [2.75, 3.05) is 5.32 Å². The number of anilines is 1. The highest BCUT2D eigenvalue weighted by Gasteiger charge is 2.13. The van der Waals surface area contributed by atoms with E-state index in [2.05, 4.69) is 10.3 Å². The SMILES string of the molecule is O=C(O)C(=O)Nc1csc(-c2ccccc2)n1. The third-order valence-electron chi connectivity index (χ3n) is 1.96. The number of nitrogens with zero attached hydrogens (tertiary/aromatic N) is 1. The summed E-state index contributed by atoms with van der Waals surface area (Å²) in [6, 6.07) is 9.44. The molecular formula is C11H8N2O3S. The van der Waals surface area contributed by atoms with Crippen LogP contribution in [0.15, 0.2) is 35.7 Å². The lowest BCUT2D eigenvalue weighted by atomic mass is 10.2. The Hall–Kier alpha value is -2.21. The van der Waals surface area contributed by atoms with Crippen LogP contribution in [0.3, 0.4) is 0 Å². The monoisotopic (exact) mass is 248 g/mol. The van der Waals surface area contributed by atoms with Crippen LogP contribution in [0.5, 0.6) is 0 Å². The van der Waals surface area contributed by atoms with Crippen LogP contribution in [-0.4, -0.2) is 22.0 Å². The van der Waals surface area contributed by atoms with Gasteiger partial charge in [-0.1, -0.05) is 30.3 Å². The van der Waals surface area contributed by atoms with Gasteiger partial charge in [0.05, 0.1) is 0 Å². The molecule has 17 heavy (non-hydrogen) atoms. The molecule has 2 rings (SSSR count). The summed E-state index contributed by atoms with van der Waals surface area (Å²) in [5.74, 6) is -2.37. The van der Waals surface area contributed by atoms with Crippen molar-refractivity contribution in [3.05, 3.63) is 35.7 Å². The predicted molar refractivity (Wildman–Crippen MR) is 63.8 cm³/mol. The van der Waals surface area contributed by atoms with Crippen molar-refractivity contribution in [3.63, 3.8) is 0 Å². The van der Waals surface area contributed by atoms with Gasteiger partial charge in [0.25, 0.3) is 0 Å². The quantitative estimate of drug-likeness (QED) is 0.795. The van der Waals surface area contributed by atoms with Crippen molar-refractivity contribution in [1.29, 1.82) is 0 Å². The van der Waals surface area contributed by atoms with Crippen molar-refractivity contribution >= 4 is 29.0 Å². The lowest BCUT2D eigenvalue weighted by Gasteiger charge is -1.96. The van der Waals surface area contributed by atoms with E-state index in [1.54, 1.807) is 5.38 Å². The summed E-state index contributed by atoms with van der Waals surface area (Å²) in [5.41, 5.74) is 0.924. The second kappa shape index (κ2) is 4.75. The van der Waals surface area contributed by atoms with Gasteiger partial charge in [-0.05, 0) is 0 Å². The first-order valence-electron chi connectivity index (χ1n) is 4.72. The van der Waals surface area contributed by atoms with E-state index in [9.17, 15) is 9.59 Å². The molecule has 0 radical (unpaired) electrons. The number of carboxylic acid groups (broad SMARTS) is 1. The minimum Gasteiger partial charge on any atom is -0.474 e. The molecule has 1 aromatic heterocycles. The van der Waals surface area contributed by atoms with Crippen molar-refractivity contribution in [2.45, 2.75) is 0 Å². The molecule has 1 amide bonds. The Morgan fingerprint density at radius 3 is 2.59 bits per heavy atom. The van der Waals surface area contributed by atoms with Gasteiger partial charge in [0, 0.05) is 10.9 Å². The molecule has 0 spiro atoms. The summed E-state index contributed by atoms with van der Waals surface area (Å²) in [4.78, 5) is 25.4. The molecule has 1 aromatic carbocycles. The van der Waals surface area contributed by atoms with Crippen LogP contribution < -0.4 is 5.32 Å². The van der Waals surface area contributed by atoms with Crippen molar-refractivity contribution < 1.29 is 14.7 Å². The number of nitrogens with one attached hydrogen (secondary N) is 1. The number of amides is 1. The predicted octanol–water partition coefficient (Wildman–Crippen LogP) is 1.83. The second-order valence-electron chi connectivity index (χ2n) is 3.16. The molecule has 0 unspecified atom stereocenters. The van der Waals surface area contributed by atoms with E-state index in [1.165, 1.54) is 11.3 Å². The Morgan fingerprint density at radius 1 is 1.24 bits per heavy atom. The minimum absolute atomic E-state index is 0.251. The zero-order valence-corrected chi connectivity index (χ0v) is 9.40. The van der Waals surface area contributed by atoms with Gasteiger partial charge < -0.3 is 10.4 Å². The van der Waals surface area contributed by atoms with Crippen LogP contribution >= 0.6 is 11.3 Å². The molecule has 86 valence electrons. The van der Waals surface area contributed by atoms with Crippen LogP contribution in [0, 0.1) is 0 Å². The largest absolute Gasteiger partial charge is 0.474 e. The Kier molecular flexibility index (Phi) is 3.15. The van der Waals surface area contributed by atoms with E-state index in [0.717, 1.165) is 10.6 Å². The Bertz CT molecular complexity index is 551. The molecule has 0 fully saturated rings. The van der Waals surface area contributed by atoms with Crippen LogP contribution in [0.1, 0.15) is 0 Å². The maximum absolute atomic E-state index is 10.9. The highest BCUT2D eigenvalue weighted by molar-refractivity contribution is 7.13. The Labute approximate surface area is 101 Å². The fourth-order valence-electron chi connectivity index (χ4n) is 1.21. The number of carbonyl (C=O) groups is 2. The smallest absolute Gasteiger partial charge is 0.394 e. The van der Waals surface area contributed by atoms with E-state index in [0.29, 0.717) is 0 Å². The van der Waals surface area contributed by atoms with Crippen molar-refractivity contribution in [2.24, 2.45) is 0 Å². The summed E-state index contributed by atoms with van der Waals surface area (Å²) in [7, 11) is 0. The van der Waals surface area contributed by atoms with Crippen LogP contribution in [0.4, 0.5) is 5.82 Å². The molecule has 0 saturated heterocycles. The summed E-state index contributed by atoms with van der Waals surface area (Å²) < 4.78 is 0. The molecule has 0 aliphatic heterocycles. The molecule has 2 N–H and O–H groups in total. The fourth-order valence-corrected chi connectivity index (χ4v) is 1.97.